The lowest BCUT2D eigenvalue weighted by molar-refractivity contribution is 1.50. The minimum Gasteiger partial charge on any atom is -0.317 e. The van der Waals surface area contributed by atoms with Gasteiger partial charge in [0.2, 0.25) is 0 Å². The van der Waals surface area contributed by atoms with Gasteiger partial charge in [0.05, 0.1) is 51.6 Å². The summed E-state index contributed by atoms with van der Waals surface area (Å²) in [7, 11) is -12.7. The van der Waals surface area contributed by atoms with Gasteiger partial charge in [-0.25, -0.2) is 27.1 Å². The van der Waals surface area contributed by atoms with Gasteiger partial charge >= 0.3 is 0 Å². The molecule has 3 heterocycles. The van der Waals surface area contributed by atoms with Crippen molar-refractivity contribution in [3.05, 3.63) is 48.5 Å². The smallest absolute Gasteiger partial charge is 0.262 e. The van der Waals surface area contributed by atoms with Crippen molar-refractivity contribution in [1.29, 1.82) is 0 Å². The maximum atomic E-state index is 5.32. The number of nitrogens with one attached hydrogen (secondary N) is 4. The van der Waals surface area contributed by atoms with Crippen molar-refractivity contribution in [2.24, 2.45) is 27.1 Å². The second-order valence-corrected chi connectivity index (χ2v) is 28.9. The largest absolute Gasteiger partial charge is 0.317 e. The van der Waals surface area contributed by atoms with Crippen molar-refractivity contribution in [1.82, 2.24) is 0 Å². The molecule has 0 bridgehead atoms. The number of hydrogen-bond acceptors (Lipinski definition) is 10. The number of anilines is 4. The Kier molecular flexibility index (Phi) is 6.49. The molecule has 2 spiro atoms. The summed E-state index contributed by atoms with van der Waals surface area (Å²) in [6.07, 6.45) is 0. The molecule has 0 aromatic heterocycles. The van der Waals surface area contributed by atoms with E-state index in [0.717, 1.165) is 22.7 Å². The third-order valence-corrected chi connectivity index (χ3v) is 25.6. The van der Waals surface area contributed by atoms with Crippen LogP contribution in [0.1, 0.15) is 0 Å². The molecule has 0 saturated heterocycles. The summed E-state index contributed by atoms with van der Waals surface area (Å²) in [6, 6.07) is 16.5. The van der Waals surface area contributed by atoms with Crippen LogP contribution < -0.4 is 20.3 Å². The average Bonchev–Trinajstić information content (AvgIpc) is 2.65. The zero-order valence-corrected chi connectivity index (χ0v) is 27.4. The summed E-state index contributed by atoms with van der Waals surface area (Å²) in [5.74, 6) is 0. The molecule has 0 amide bonds. The topological polar surface area (TPSA) is 122 Å². The fourth-order valence-corrected chi connectivity index (χ4v) is 29.9. The lowest BCUT2D eigenvalue weighted by Crippen LogP contribution is -2.14. The first-order chi connectivity index (χ1) is 16.6. The molecule has 0 fully saturated rings. The molecule has 16 heteroatoms. The van der Waals surface area contributed by atoms with Crippen LogP contribution in [0.2, 0.25) is 0 Å². The van der Waals surface area contributed by atoms with Crippen LogP contribution in [0.5, 0.6) is 0 Å². The molecule has 3 aliphatic heterocycles. The van der Waals surface area contributed by atoms with Crippen LogP contribution in [0.3, 0.4) is 0 Å². The van der Waals surface area contributed by atoms with Crippen LogP contribution in [0.4, 0.5) is 22.7 Å². The quantitative estimate of drug-likeness (QED) is 0.224. The van der Waals surface area contributed by atoms with Gasteiger partial charge < -0.3 is 20.3 Å². The maximum Gasteiger partial charge on any atom is 0.262 e. The Balaban J connectivity index is 1.82. The van der Waals surface area contributed by atoms with Crippen LogP contribution in [0, 0.1) is 0 Å². The van der Waals surface area contributed by atoms with E-state index in [1.54, 1.807) is 0 Å². The molecule has 2 aromatic rings. The van der Waals surface area contributed by atoms with Gasteiger partial charge in [-0.05, 0) is 77.6 Å². The van der Waals surface area contributed by atoms with Crippen LogP contribution in [-0.4, -0.2) is 53.3 Å². The Morgan fingerprint density at radius 3 is 0.889 bits per heavy atom. The Morgan fingerprint density at radius 1 is 0.389 bits per heavy atom. The summed E-state index contributed by atoms with van der Waals surface area (Å²) in [5.41, 5.74) is 3.75. The van der Waals surface area contributed by atoms with Gasteiger partial charge in [-0.3, -0.25) is 0 Å². The lowest BCUT2D eigenvalue weighted by Gasteiger charge is -2.37. The van der Waals surface area contributed by atoms with Crippen molar-refractivity contribution >= 4 is 66.6 Å². The first-order valence-corrected chi connectivity index (χ1v) is 25.3. The Morgan fingerprint density at radius 2 is 0.639 bits per heavy atom. The van der Waals surface area contributed by atoms with E-state index >= 15 is 0 Å². The fourth-order valence-electron chi connectivity index (χ4n) is 4.71. The zero-order chi connectivity index (χ0) is 26.0. The molecule has 4 N–H and O–H groups in total. The van der Waals surface area contributed by atoms with E-state index in [0.29, 0.717) is 0 Å². The third-order valence-electron chi connectivity index (χ3n) is 5.23. The molecular formula is C20H36N10P6. The van der Waals surface area contributed by atoms with Crippen molar-refractivity contribution in [2.45, 2.75) is 0 Å². The van der Waals surface area contributed by atoms with E-state index < -0.39 is 43.8 Å². The van der Waals surface area contributed by atoms with Crippen molar-refractivity contribution in [3.8, 4) is 0 Å². The molecule has 5 rings (SSSR count). The highest BCUT2D eigenvalue weighted by Gasteiger charge is 2.34. The van der Waals surface area contributed by atoms with E-state index in [1.807, 2.05) is 24.3 Å². The van der Waals surface area contributed by atoms with E-state index in [4.69, 9.17) is 27.1 Å². The maximum absolute atomic E-state index is 5.32. The van der Waals surface area contributed by atoms with Gasteiger partial charge in [0, 0.05) is 0 Å². The molecule has 0 atom stereocenters. The second kappa shape index (κ2) is 8.77. The highest BCUT2D eigenvalue weighted by Crippen LogP contribution is 2.76. The molecule has 3 aliphatic rings. The van der Waals surface area contributed by atoms with E-state index in [-0.39, 0.29) is 0 Å². The zero-order valence-electron chi connectivity index (χ0n) is 22.0. The summed E-state index contributed by atoms with van der Waals surface area (Å²) in [4.78, 5) is 0. The minimum absolute atomic E-state index is 0.938. The van der Waals surface area contributed by atoms with Crippen molar-refractivity contribution < 1.29 is 0 Å². The summed E-state index contributed by atoms with van der Waals surface area (Å²) >= 11 is 0. The van der Waals surface area contributed by atoms with Crippen molar-refractivity contribution in [3.63, 3.8) is 0 Å². The van der Waals surface area contributed by atoms with Gasteiger partial charge in [0.1, 0.15) is 0 Å². The van der Waals surface area contributed by atoms with Crippen LogP contribution in [-0.2, 0) is 0 Å². The van der Waals surface area contributed by atoms with Crippen LogP contribution >= 0.6 is 43.8 Å². The normalized spacial score (nSPS) is 24.9. The minimum atomic E-state index is -2.59. The van der Waals surface area contributed by atoms with Gasteiger partial charge in [0.15, 0.2) is 0 Å². The SMILES string of the molecule is CP1(C)=NP(C)(C)=NP2(=N1)Nc1ccccc1NP1(=NP(C)(C)=NP(C)(C)=N1)Nc1ccccc1N2. The number of rotatable bonds is 0. The molecule has 0 unspecified atom stereocenters. The monoisotopic (exact) mass is 602 g/mol. The van der Waals surface area contributed by atoms with Gasteiger partial charge in [-0.1, -0.05) is 24.3 Å². The first kappa shape index (κ1) is 26.6. The summed E-state index contributed by atoms with van der Waals surface area (Å²) in [5, 5.41) is 15.2. The molecule has 196 valence electrons. The molecule has 0 saturated carbocycles. The third kappa shape index (κ3) is 5.71. The van der Waals surface area contributed by atoms with E-state index in [2.05, 4.69) is 97.9 Å². The fraction of sp³-hybridized carbons (Fsp3) is 0.400. The number of fused-ring (bicyclic) bond motifs is 2. The molecule has 0 aliphatic carbocycles. The van der Waals surface area contributed by atoms with Crippen LogP contribution in [0.25, 0.3) is 0 Å². The summed E-state index contributed by atoms with van der Waals surface area (Å²) < 4.78 is 31.4. The predicted octanol–water partition coefficient (Wildman–Crippen LogP) is 10.5. The number of hydrogen-bond donors (Lipinski definition) is 4. The van der Waals surface area contributed by atoms with Gasteiger partial charge in [-0.15, -0.1) is 0 Å². The number of para-hydroxylation sites is 4. The number of benzene rings is 2. The van der Waals surface area contributed by atoms with Gasteiger partial charge in [-0.2, -0.15) is 0 Å². The highest BCUT2D eigenvalue weighted by atomic mass is 31.3. The summed E-state index contributed by atoms with van der Waals surface area (Å²) in [6.45, 7) is 17.4. The van der Waals surface area contributed by atoms with Gasteiger partial charge in [0.25, 0.3) is 15.0 Å². The Labute approximate surface area is 215 Å². The number of nitrogens with zero attached hydrogens (tertiary/aromatic N) is 6. The van der Waals surface area contributed by atoms with Crippen LogP contribution in [0.15, 0.2) is 75.6 Å². The molecule has 2 aromatic carbocycles. The molecule has 36 heavy (non-hydrogen) atoms. The van der Waals surface area contributed by atoms with E-state index in [9.17, 15) is 0 Å². The first-order valence-electron chi connectivity index (χ1n) is 11.5. The predicted molar refractivity (Wildman–Crippen MR) is 171 cm³/mol. The molecule has 10 nitrogen and oxygen atoms in total. The Hall–Kier alpha value is -0.980. The Bertz CT molecular complexity index is 1400. The second-order valence-electron chi connectivity index (χ2n) is 10.6. The molecular weight excluding hydrogens is 566 g/mol. The van der Waals surface area contributed by atoms with E-state index in [1.165, 1.54) is 0 Å². The lowest BCUT2D eigenvalue weighted by atomic mass is 10.3. The average molecular weight is 602 g/mol. The van der Waals surface area contributed by atoms with Crippen molar-refractivity contribution in [2.75, 3.05) is 73.7 Å². The standard InChI is InChI=1S/C20H36N10P6/c1-31(2)25-32(3,4)28-35(27-31)21-17-13-9-11-15-19(17)23-36(24-20-16-12-10-14-18(20)22-35)29-33(5,6)26-34(7,8)30-36/h9-16,21-24H,1-8H3. The molecule has 0 radical (unpaired) electrons. The highest BCUT2D eigenvalue weighted by molar-refractivity contribution is 7.88.